The van der Waals surface area contributed by atoms with Crippen molar-refractivity contribution >= 4 is 33.9 Å². The fourth-order valence-corrected chi connectivity index (χ4v) is 3.14. The summed E-state index contributed by atoms with van der Waals surface area (Å²) in [7, 11) is 0. The number of para-hydroxylation sites is 1. The van der Waals surface area contributed by atoms with Crippen LogP contribution in [0.3, 0.4) is 0 Å². The van der Waals surface area contributed by atoms with Gasteiger partial charge < -0.3 is 14.3 Å². The van der Waals surface area contributed by atoms with Crippen molar-refractivity contribution in [2.75, 3.05) is 5.32 Å². The van der Waals surface area contributed by atoms with Gasteiger partial charge in [0.25, 0.3) is 11.8 Å². The molecule has 0 fully saturated rings. The summed E-state index contributed by atoms with van der Waals surface area (Å²) >= 11 is 1.35. The number of amides is 1. The Morgan fingerprint density at radius 2 is 2.08 bits per heavy atom. The fraction of sp³-hybridized carbons (Fsp3) is 0.0588. The second-order valence-corrected chi connectivity index (χ2v) is 6.17. The number of hydrogen-bond donors (Lipinski definition) is 1. The third kappa shape index (κ3) is 2.83. The molecule has 0 bridgehead atoms. The Morgan fingerprint density at radius 1 is 1.24 bits per heavy atom. The summed E-state index contributed by atoms with van der Waals surface area (Å²) in [5.41, 5.74) is 0.159. The molecule has 0 atom stereocenters. The van der Waals surface area contributed by atoms with Gasteiger partial charge in [0.2, 0.25) is 0 Å². The predicted molar refractivity (Wildman–Crippen MR) is 92.8 cm³/mol. The van der Waals surface area contributed by atoms with Crippen LogP contribution < -0.4 is 10.9 Å². The number of thiophene rings is 1. The average Bonchev–Trinajstić information content (AvgIpc) is 3.22. The third-order valence-corrected chi connectivity index (χ3v) is 4.42. The molecule has 8 heteroatoms. The van der Waals surface area contributed by atoms with E-state index in [1.54, 1.807) is 42.6 Å². The van der Waals surface area contributed by atoms with Gasteiger partial charge in [-0.1, -0.05) is 23.4 Å². The second kappa shape index (κ2) is 5.99. The van der Waals surface area contributed by atoms with Crippen molar-refractivity contribution in [3.05, 3.63) is 63.6 Å². The quantitative estimate of drug-likeness (QED) is 0.566. The Labute approximate surface area is 144 Å². The first-order chi connectivity index (χ1) is 12.1. The highest BCUT2D eigenvalue weighted by Gasteiger charge is 2.19. The van der Waals surface area contributed by atoms with Crippen LogP contribution in [-0.2, 0) is 0 Å². The standard InChI is InChI=1S/C17H11N3O4S/c1-9-18-16(24-20-9)14-12(6-7-25-14)19-15(21)11-8-10-4-2-3-5-13(10)23-17(11)22/h2-8H,1H3,(H,19,21). The number of carbonyl (C=O) groups is 1. The fourth-order valence-electron chi connectivity index (χ4n) is 2.37. The van der Waals surface area contributed by atoms with Crippen molar-refractivity contribution in [3.63, 3.8) is 0 Å². The van der Waals surface area contributed by atoms with Gasteiger partial charge in [-0.15, -0.1) is 11.3 Å². The van der Waals surface area contributed by atoms with Gasteiger partial charge in [-0.3, -0.25) is 4.79 Å². The maximum absolute atomic E-state index is 12.5. The maximum atomic E-state index is 12.5. The van der Waals surface area contributed by atoms with Crippen molar-refractivity contribution in [1.82, 2.24) is 10.1 Å². The molecule has 0 aliphatic rings. The lowest BCUT2D eigenvalue weighted by molar-refractivity contribution is 0.102. The molecule has 0 aliphatic heterocycles. The Hall–Kier alpha value is -3.26. The second-order valence-electron chi connectivity index (χ2n) is 5.25. The first-order valence-corrected chi connectivity index (χ1v) is 8.22. The first-order valence-electron chi connectivity index (χ1n) is 7.34. The topological polar surface area (TPSA) is 98.2 Å². The molecule has 0 radical (unpaired) electrons. The molecule has 0 unspecified atom stereocenters. The highest BCUT2D eigenvalue weighted by molar-refractivity contribution is 7.14. The van der Waals surface area contributed by atoms with Crippen molar-refractivity contribution < 1.29 is 13.7 Å². The van der Waals surface area contributed by atoms with Crippen molar-refractivity contribution in [2.24, 2.45) is 0 Å². The summed E-state index contributed by atoms with van der Waals surface area (Å²) in [6.45, 7) is 1.71. The Kier molecular flexibility index (Phi) is 3.66. The molecule has 0 aliphatic carbocycles. The number of benzene rings is 1. The van der Waals surface area contributed by atoms with Crippen LogP contribution in [0, 0.1) is 6.92 Å². The lowest BCUT2D eigenvalue weighted by atomic mass is 10.2. The summed E-state index contributed by atoms with van der Waals surface area (Å²) in [5, 5.41) is 8.90. The molecule has 3 heterocycles. The molecule has 1 N–H and O–H groups in total. The number of nitrogens with one attached hydrogen (secondary N) is 1. The molecule has 4 aromatic rings. The van der Waals surface area contributed by atoms with Crippen LogP contribution in [0.5, 0.6) is 0 Å². The van der Waals surface area contributed by atoms with E-state index in [0.717, 1.165) is 0 Å². The van der Waals surface area contributed by atoms with E-state index in [-0.39, 0.29) is 5.56 Å². The van der Waals surface area contributed by atoms with Gasteiger partial charge in [0.05, 0.1) is 5.69 Å². The normalized spacial score (nSPS) is 10.9. The molecule has 7 nitrogen and oxygen atoms in total. The van der Waals surface area contributed by atoms with Crippen LogP contribution in [0.1, 0.15) is 16.2 Å². The minimum absolute atomic E-state index is 0.0717. The highest BCUT2D eigenvalue weighted by atomic mass is 32.1. The molecule has 4 rings (SSSR count). The van der Waals surface area contributed by atoms with Gasteiger partial charge in [0.1, 0.15) is 16.0 Å². The van der Waals surface area contributed by atoms with Gasteiger partial charge in [0.15, 0.2) is 5.82 Å². The summed E-state index contributed by atoms with van der Waals surface area (Å²) in [6.07, 6.45) is 0. The van der Waals surface area contributed by atoms with E-state index < -0.39 is 11.5 Å². The minimum atomic E-state index is -0.693. The summed E-state index contributed by atoms with van der Waals surface area (Å²) in [5.74, 6) is 0.250. The number of hydrogen-bond acceptors (Lipinski definition) is 7. The van der Waals surface area contributed by atoms with Crippen LogP contribution in [0.2, 0.25) is 0 Å². The van der Waals surface area contributed by atoms with Crippen LogP contribution in [-0.4, -0.2) is 16.0 Å². The Bertz CT molecular complexity index is 1140. The van der Waals surface area contributed by atoms with E-state index in [9.17, 15) is 9.59 Å². The van der Waals surface area contributed by atoms with E-state index in [1.807, 2.05) is 0 Å². The predicted octanol–water partition coefficient (Wildman–Crippen LogP) is 3.47. The Morgan fingerprint density at radius 3 is 2.88 bits per heavy atom. The lowest BCUT2D eigenvalue weighted by Gasteiger charge is -2.04. The van der Waals surface area contributed by atoms with E-state index in [0.29, 0.717) is 33.2 Å². The summed E-state index contributed by atoms with van der Waals surface area (Å²) in [6, 6.07) is 10.2. The smallest absolute Gasteiger partial charge is 0.349 e. The van der Waals surface area contributed by atoms with Crippen LogP contribution in [0.15, 0.2) is 55.5 Å². The minimum Gasteiger partial charge on any atom is -0.422 e. The molecule has 0 saturated heterocycles. The van der Waals surface area contributed by atoms with Gasteiger partial charge in [0, 0.05) is 5.39 Å². The first kappa shape index (κ1) is 15.3. The number of aryl methyl sites for hydroxylation is 1. The zero-order valence-corrected chi connectivity index (χ0v) is 13.8. The molecule has 1 amide bonds. The molecular formula is C17H11N3O4S. The molecule has 0 saturated carbocycles. The summed E-state index contributed by atoms with van der Waals surface area (Å²) < 4.78 is 10.3. The number of fused-ring (bicyclic) bond motifs is 1. The number of rotatable bonds is 3. The van der Waals surface area contributed by atoms with Crippen LogP contribution in [0.4, 0.5) is 5.69 Å². The molecule has 25 heavy (non-hydrogen) atoms. The molecular weight excluding hydrogens is 342 g/mol. The molecule has 3 aromatic heterocycles. The van der Waals surface area contributed by atoms with Gasteiger partial charge in [-0.2, -0.15) is 4.98 Å². The SMILES string of the molecule is Cc1noc(-c2sccc2NC(=O)c2cc3ccccc3oc2=O)n1. The van der Waals surface area contributed by atoms with Crippen molar-refractivity contribution in [1.29, 1.82) is 0 Å². The maximum Gasteiger partial charge on any atom is 0.349 e. The highest BCUT2D eigenvalue weighted by Crippen LogP contribution is 2.32. The van der Waals surface area contributed by atoms with Gasteiger partial charge >= 0.3 is 5.63 Å². The molecule has 0 spiro atoms. The summed E-state index contributed by atoms with van der Waals surface area (Å²) in [4.78, 5) is 29.4. The van der Waals surface area contributed by atoms with Gasteiger partial charge in [-0.05, 0) is 30.5 Å². The average molecular weight is 353 g/mol. The van der Waals surface area contributed by atoms with E-state index in [2.05, 4.69) is 15.5 Å². The lowest BCUT2D eigenvalue weighted by Crippen LogP contribution is -2.20. The number of anilines is 1. The monoisotopic (exact) mass is 353 g/mol. The number of carbonyl (C=O) groups excluding carboxylic acids is 1. The number of nitrogens with zero attached hydrogens (tertiary/aromatic N) is 2. The molecule has 1 aromatic carbocycles. The largest absolute Gasteiger partial charge is 0.422 e. The van der Waals surface area contributed by atoms with Crippen molar-refractivity contribution in [3.8, 4) is 10.8 Å². The number of aromatic nitrogens is 2. The van der Waals surface area contributed by atoms with E-state index >= 15 is 0 Å². The van der Waals surface area contributed by atoms with Crippen molar-refractivity contribution in [2.45, 2.75) is 6.92 Å². The van der Waals surface area contributed by atoms with E-state index in [4.69, 9.17) is 8.94 Å². The van der Waals surface area contributed by atoms with Crippen LogP contribution in [0.25, 0.3) is 21.7 Å². The van der Waals surface area contributed by atoms with Gasteiger partial charge in [-0.25, -0.2) is 4.79 Å². The molecule has 124 valence electrons. The van der Waals surface area contributed by atoms with E-state index in [1.165, 1.54) is 17.4 Å². The Balaban J connectivity index is 1.69. The van der Waals surface area contributed by atoms with Crippen LogP contribution >= 0.6 is 11.3 Å². The third-order valence-electron chi connectivity index (χ3n) is 3.52. The zero-order chi connectivity index (χ0) is 17.4. The zero-order valence-electron chi connectivity index (χ0n) is 13.0.